The number of nitrogens with zero attached hydrogens (tertiary/aromatic N) is 4. The first-order valence-electron chi connectivity index (χ1n) is 6.97. The summed E-state index contributed by atoms with van der Waals surface area (Å²) < 4.78 is 6.38. The van der Waals surface area contributed by atoms with Gasteiger partial charge >= 0.3 is 5.76 Å². The van der Waals surface area contributed by atoms with Gasteiger partial charge in [0.05, 0.1) is 11.2 Å². The highest BCUT2D eigenvalue weighted by Crippen LogP contribution is 2.17. The zero-order valence-corrected chi connectivity index (χ0v) is 12.1. The number of carbonyl (C=O) groups is 1. The molecule has 4 rings (SSSR count). The smallest absolute Gasteiger partial charge is 0.408 e. The average Bonchev–Trinajstić information content (AvgIpc) is 3.23. The summed E-state index contributed by atoms with van der Waals surface area (Å²) >= 11 is 0. The molecule has 0 saturated carbocycles. The van der Waals surface area contributed by atoms with Gasteiger partial charge in [0, 0.05) is 11.3 Å². The molecule has 2 aromatic carbocycles. The van der Waals surface area contributed by atoms with Gasteiger partial charge in [-0.25, -0.2) is 9.48 Å². The number of hydrogen-bond acceptors (Lipinski definition) is 6. The second kappa shape index (κ2) is 5.47. The Kier molecular flexibility index (Phi) is 3.16. The molecule has 0 aliphatic rings. The van der Waals surface area contributed by atoms with Crippen molar-refractivity contribution in [1.29, 1.82) is 0 Å². The number of benzene rings is 2. The molecule has 9 heteroatoms. The normalized spacial score (nSPS) is 10.8. The lowest BCUT2D eigenvalue weighted by Gasteiger charge is -2.06. The highest BCUT2D eigenvalue weighted by atomic mass is 16.4. The van der Waals surface area contributed by atoms with Gasteiger partial charge < -0.3 is 9.73 Å². The number of anilines is 1. The Hall–Kier alpha value is -3.75. The molecule has 0 saturated heterocycles. The van der Waals surface area contributed by atoms with E-state index in [9.17, 15) is 9.59 Å². The maximum absolute atomic E-state index is 12.4. The molecule has 0 radical (unpaired) electrons. The van der Waals surface area contributed by atoms with Gasteiger partial charge in [-0.3, -0.25) is 9.78 Å². The Bertz CT molecular complexity index is 1080. The fourth-order valence-corrected chi connectivity index (χ4v) is 2.30. The van der Waals surface area contributed by atoms with Crippen LogP contribution in [0.1, 0.15) is 10.4 Å². The van der Waals surface area contributed by atoms with Gasteiger partial charge in [-0.05, 0) is 46.8 Å². The Morgan fingerprint density at radius 2 is 2.12 bits per heavy atom. The second-order valence-corrected chi connectivity index (χ2v) is 4.98. The SMILES string of the molecule is O=C(Nc1ccc2oc(=O)[nH]c2c1)c1cccc(-n2cnnn2)c1. The fourth-order valence-electron chi connectivity index (χ4n) is 2.30. The van der Waals surface area contributed by atoms with E-state index in [4.69, 9.17) is 4.42 Å². The molecule has 1 amide bonds. The maximum atomic E-state index is 12.4. The number of aromatic amines is 1. The third kappa shape index (κ3) is 2.54. The number of nitrogens with one attached hydrogen (secondary N) is 2. The summed E-state index contributed by atoms with van der Waals surface area (Å²) in [5.41, 5.74) is 2.60. The number of aromatic nitrogens is 5. The Morgan fingerprint density at radius 3 is 2.96 bits per heavy atom. The Labute approximate surface area is 133 Å². The number of oxazole rings is 1. The van der Waals surface area contributed by atoms with E-state index >= 15 is 0 Å². The van der Waals surface area contributed by atoms with Crippen LogP contribution in [0.15, 0.2) is 58.0 Å². The molecular formula is C15H10N6O3. The van der Waals surface area contributed by atoms with Gasteiger partial charge in [-0.15, -0.1) is 5.10 Å². The fraction of sp³-hybridized carbons (Fsp3) is 0. The topological polar surface area (TPSA) is 119 Å². The van der Waals surface area contributed by atoms with Gasteiger partial charge in [0.15, 0.2) is 5.58 Å². The van der Waals surface area contributed by atoms with Crippen molar-refractivity contribution in [2.45, 2.75) is 0 Å². The van der Waals surface area contributed by atoms with Gasteiger partial charge in [-0.2, -0.15) is 0 Å². The predicted octanol–water partition coefficient (Wildman–Crippen LogP) is 1.35. The van der Waals surface area contributed by atoms with E-state index in [0.29, 0.717) is 28.0 Å². The zero-order chi connectivity index (χ0) is 16.5. The van der Waals surface area contributed by atoms with E-state index in [0.717, 1.165) is 0 Å². The van der Waals surface area contributed by atoms with Gasteiger partial charge in [-0.1, -0.05) is 6.07 Å². The number of carbonyl (C=O) groups excluding carboxylic acids is 1. The molecule has 2 N–H and O–H groups in total. The molecule has 2 aromatic heterocycles. The van der Waals surface area contributed by atoms with Crippen LogP contribution in [0.2, 0.25) is 0 Å². The minimum atomic E-state index is -0.539. The molecule has 0 atom stereocenters. The highest BCUT2D eigenvalue weighted by Gasteiger charge is 2.09. The van der Waals surface area contributed by atoms with Crippen LogP contribution in [-0.4, -0.2) is 31.1 Å². The summed E-state index contributed by atoms with van der Waals surface area (Å²) in [6.07, 6.45) is 1.44. The third-order valence-electron chi connectivity index (χ3n) is 3.40. The van der Waals surface area contributed by atoms with Crippen LogP contribution in [0, 0.1) is 0 Å². The summed E-state index contributed by atoms with van der Waals surface area (Å²) in [6.45, 7) is 0. The quantitative estimate of drug-likeness (QED) is 0.587. The molecule has 0 spiro atoms. The van der Waals surface area contributed by atoms with Crippen LogP contribution in [-0.2, 0) is 0 Å². The van der Waals surface area contributed by atoms with Crippen LogP contribution in [0.5, 0.6) is 0 Å². The summed E-state index contributed by atoms with van der Waals surface area (Å²) in [7, 11) is 0. The van der Waals surface area contributed by atoms with E-state index in [1.807, 2.05) is 0 Å². The minimum Gasteiger partial charge on any atom is -0.408 e. The van der Waals surface area contributed by atoms with Crippen LogP contribution < -0.4 is 11.1 Å². The zero-order valence-electron chi connectivity index (χ0n) is 12.1. The van der Waals surface area contributed by atoms with Crippen LogP contribution >= 0.6 is 0 Å². The predicted molar refractivity (Wildman–Crippen MR) is 83.9 cm³/mol. The lowest BCUT2D eigenvalue weighted by molar-refractivity contribution is 0.102. The number of amides is 1. The molecule has 118 valence electrons. The second-order valence-electron chi connectivity index (χ2n) is 4.98. The third-order valence-corrected chi connectivity index (χ3v) is 3.40. The maximum Gasteiger partial charge on any atom is 0.417 e. The first-order valence-corrected chi connectivity index (χ1v) is 6.97. The van der Waals surface area contributed by atoms with Crippen LogP contribution in [0.3, 0.4) is 0 Å². The van der Waals surface area contributed by atoms with Gasteiger partial charge in [0.1, 0.15) is 6.33 Å². The summed E-state index contributed by atoms with van der Waals surface area (Å²) in [4.78, 5) is 26.1. The molecular weight excluding hydrogens is 312 g/mol. The molecule has 4 aromatic rings. The van der Waals surface area contributed by atoms with Crippen LogP contribution in [0.4, 0.5) is 5.69 Å². The van der Waals surface area contributed by atoms with E-state index in [1.54, 1.807) is 42.5 Å². The van der Waals surface area contributed by atoms with Crippen molar-refractivity contribution in [3.05, 3.63) is 64.9 Å². The lowest BCUT2D eigenvalue weighted by Crippen LogP contribution is -2.12. The number of rotatable bonds is 3. The molecule has 0 aliphatic heterocycles. The highest BCUT2D eigenvalue weighted by molar-refractivity contribution is 6.05. The number of fused-ring (bicyclic) bond motifs is 1. The molecule has 2 heterocycles. The largest absolute Gasteiger partial charge is 0.417 e. The molecule has 0 bridgehead atoms. The average molecular weight is 322 g/mol. The summed E-state index contributed by atoms with van der Waals surface area (Å²) in [5.74, 6) is -0.835. The van der Waals surface area contributed by atoms with E-state index in [-0.39, 0.29) is 5.91 Å². The minimum absolute atomic E-state index is 0.296. The standard InChI is InChI=1S/C15H10N6O3/c22-14(9-2-1-3-11(6-9)21-8-16-19-20-21)17-10-4-5-13-12(7-10)18-15(23)24-13/h1-8H,(H,17,22)(H,18,23). The van der Waals surface area contributed by atoms with Crippen molar-refractivity contribution in [2.24, 2.45) is 0 Å². The monoisotopic (exact) mass is 322 g/mol. The first kappa shape index (κ1) is 13.9. The number of hydrogen-bond donors (Lipinski definition) is 2. The van der Waals surface area contributed by atoms with Crippen molar-refractivity contribution in [3.63, 3.8) is 0 Å². The first-order chi connectivity index (χ1) is 11.7. The van der Waals surface area contributed by atoms with Gasteiger partial charge in [0.25, 0.3) is 5.91 Å². The number of H-pyrrole nitrogens is 1. The Balaban J connectivity index is 1.61. The van der Waals surface area contributed by atoms with E-state index in [1.165, 1.54) is 11.0 Å². The molecule has 9 nitrogen and oxygen atoms in total. The van der Waals surface area contributed by atoms with Crippen LogP contribution in [0.25, 0.3) is 16.8 Å². The lowest BCUT2D eigenvalue weighted by atomic mass is 10.2. The van der Waals surface area contributed by atoms with Crippen molar-refractivity contribution >= 4 is 22.7 Å². The summed E-state index contributed by atoms with van der Waals surface area (Å²) in [5, 5.41) is 13.7. The number of tetrazole rings is 1. The molecule has 0 unspecified atom stereocenters. The molecule has 0 fully saturated rings. The van der Waals surface area contributed by atoms with Gasteiger partial charge in [0.2, 0.25) is 0 Å². The van der Waals surface area contributed by atoms with Crippen molar-refractivity contribution < 1.29 is 9.21 Å². The Morgan fingerprint density at radius 1 is 1.21 bits per heavy atom. The van der Waals surface area contributed by atoms with Crippen molar-refractivity contribution in [2.75, 3.05) is 5.32 Å². The molecule has 0 aliphatic carbocycles. The van der Waals surface area contributed by atoms with Crippen molar-refractivity contribution in [1.82, 2.24) is 25.2 Å². The van der Waals surface area contributed by atoms with Crippen molar-refractivity contribution in [3.8, 4) is 5.69 Å². The van der Waals surface area contributed by atoms with E-state index < -0.39 is 5.76 Å². The molecule has 24 heavy (non-hydrogen) atoms. The van der Waals surface area contributed by atoms with E-state index in [2.05, 4.69) is 25.8 Å². The summed E-state index contributed by atoms with van der Waals surface area (Å²) in [6, 6.07) is 11.8.